The van der Waals surface area contributed by atoms with Gasteiger partial charge in [-0.1, -0.05) is 28.3 Å². The van der Waals surface area contributed by atoms with Crippen LogP contribution < -0.4 is 5.32 Å². The van der Waals surface area contributed by atoms with Crippen LogP contribution in [0.25, 0.3) is 11.5 Å². The minimum atomic E-state index is -0.436. The van der Waals surface area contributed by atoms with Crippen LogP contribution in [0, 0.1) is 0 Å². The zero-order valence-electron chi connectivity index (χ0n) is 12.1. The van der Waals surface area contributed by atoms with E-state index in [1.807, 2.05) is 13.8 Å². The van der Waals surface area contributed by atoms with Crippen molar-refractivity contribution in [2.75, 3.05) is 5.32 Å². The minimum Gasteiger partial charge on any atom is -0.403 e. The van der Waals surface area contributed by atoms with Crippen LogP contribution in [-0.4, -0.2) is 25.9 Å². The van der Waals surface area contributed by atoms with Crippen LogP contribution in [0.15, 0.2) is 22.7 Å². The van der Waals surface area contributed by atoms with Gasteiger partial charge in [0, 0.05) is 12.2 Å². The molecule has 0 atom stereocenters. The van der Waals surface area contributed by atoms with Gasteiger partial charge in [0.15, 0.2) is 5.69 Å². The van der Waals surface area contributed by atoms with E-state index in [4.69, 9.17) is 27.6 Å². The van der Waals surface area contributed by atoms with E-state index < -0.39 is 5.91 Å². The molecule has 0 aromatic carbocycles. The first-order valence-corrected chi connectivity index (χ1v) is 8.16. The third-order valence-electron chi connectivity index (χ3n) is 2.90. The average Bonchev–Trinajstić information content (AvgIpc) is 3.18. The van der Waals surface area contributed by atoms with Crippen LogP contribution in [0.5, 0.6) is 0 Å². The van der Waals surface area contributed by atoms with Crippen LogP contribution >= 0.6 is 34.5 Å². The molecule has 3 heterocycles. The van der Waals surface area contributed by atoms with Gasteiger partial charge in [-0.25, -0.2) is 0 Å². The molecular formula is C13H11Cl2N5O2S. The first-order valence-electron chi connectivity index (χ1n) is 6.59. The number of carbonyl (C=O) groups excluding carboxylic acids is 1. The monoisotopic (exact) mass is 371 g/mol. The van der Waals surface area contributed by atoms with Crippen LogP contribution in [0.4, 0.5) is 6.01 Å². The molecule has 7 nitrogen and oxygen atoms in total. The number of thiophene rings is 1. The Morgan fingerprint density at radius 3 is 2.78 bits per heavy atom. The van der Waals surface area contributed by atoms with Crippen molar-refractivity contribution in [2.24, 2.45) is 0 Å². The molecule has 0 aliphatic carbocycles. The first kappa shape index (κ1) is 16.0. The summed E-state index contributed by atoms with van der Waals surface area (Å²) in [6.45, 7) is 3.93. The Hall–Kier alpha value is -1.90. The Bertz CT molecular complexity index is 854. The molecule has 0 fully saturated rings. The fourth-order valence-electron chi connectivity index (χ4n) is 1.78. The summed E-state index contributed by atoms with van der Waals surface area (Å²) >= 11 is 13.1. The normalized spacial score (nSPS) is 11.2. The number of rotatable bonds is 4. The van der Waals surface area contributed by atoms with Crippen molar-refractivity contribution in [3.8, 4) is 11.5 Å². The average molecular weight is 372 g/mol. The summed E-state index contributed by atoms with van der Waals surface area (Å²) in [6, 6.07) is 3.36. The first-order chi connectivity index (χ1) is 10.9. The van der Waals surface area contributed by atoms with Gasteiger partial charge >= 0.3 is 6.01 Å². The van der Waals surface area contributed by atoms with E-state index in [0.29, 0.717) is 14.2 Å². The molecule has 0 saturated carbocycles. The van der Waals surface area contributed by atoms with Crippen molar-refractivity contribution in [1.82, 2.24) is 20.0 Å². The van der Waals surface area contributed by atoms with Crippen molar-refractivity contribution < 1.29 is 9.21 Å². The third kappa shape index (κ3) is 3.39. The number of hydrogen-bond donors (Lipinski definition) is 1. The highest BCUT2D eigenvalue weighted by atomic mass is 35.5. The fourth-order valence-corrected chi connectivity index (χ4v) is 3.22. The lowest BCUT2D eigenvalue weighted by molar-refractivity contribution is 0.101. The quantitative estimate of drug-likeness (QED) is 0.744. The van der Waals surface area contributed by atoms with E-state index in [-0.39, 0.29) is 23.6 Å². The number of halogens is 2. The van der Waals surface area contributed by atoms with Crippen molar-refractivity contribution >= 4 is 46.5 Å². The molecule has 10 heteroatoms. The van der Waals surface area contributed by atoms with Gasteiger partial charge in [-0.2, -0.15) is 5.10 Å². The lowest BCUT2D eigenvalue weighted by Gasteiger charge is -2.03. The Kier molecular flexibility index (Phi) is 4.38. The molecular weight excluding hydrogens is 361 g/mol. The maximum absolute atomic E-state index is 12.1. The second kappa shape index (κ2) is 6.31. The standard InChI is InChI=1S/C13H11Cl2N5O2S/c1-6(2)20-4-3-8(19-20)11(21)16-13-18-17-12(22-13)7-5-9(14)23-10(7)15/h3-6H,1-2H3,(H,16,18,21). The maximum Gasteiger partial charge on any atom is 0.322 e. The summed E-state index contributed by atoms with van der Waals surface area (Å²) in [5.41, 5.74) is 0.786. The molecule has 1 N–H and O–H groups in total. The highest BCUT2D eigenvalue weighted by Gasteiger charge is 2.18. The largest absolute Gasteiger partial charge is 0.403 e. The van der Waals surface area contributed by atoms with Gasteiger partial charge < -0.3 is 4.42 Å². The number of carbonyl (C=O) groups is 1. The topological polar surface area (TPSA) is 85.8 Å². The van der Waals surface area contributed by atoms with Crippen LogP contribution in [0.3, 0.4) is 0 Å². The van der Waals surface area contributed by atoms with E-state index >= 15 is 0 Å². The third-order valence-corrected chi connectivity index (χ3v) is 4.39. The van der Waals surface area contributed by atoms with Crippen LogP contribution in [0.1, 0.15) is 30.4 Å². The molecule has 3 aromatic heterocycles. The second-order valence-electron chi connectivity index (χ2n) is 4.88. The number of hydrogen-bond acceptors (Lipinski definition) is 6. The summed E-state index contributed by atoms with van der Waals surface area (Å²) in [7, 11) is 0. The van der Waals surface area contributed by atoms with Crippen LogP contribution in [-0.2, 0) is 0 Å². The zero-order valence-corrected chi connectivity index (χ0v) is 14.4. The Labute approximate surface area is 145 Å². The summed E-state index contributed by atoms with van der Waals surface area (Å²) in [6.07, 6.45) is 1.73. The molecule has 0 radical (unpaired) electrons. The minimum absolute atomic E-state index is 0.0394. The molecule has 3 aromatic rings. The summed E-state index contributed by atoms with van der Waals surface area (Å²) in [4.78, 5) is 12.1. The van der Waals surface area contributed by atoms with Crippen LogP contribution in [0.2, 0.25) is 8.67 Å². The number of nitrogens with zero attached hydrogens (tertiary/aromatic N) is 4. The second-order valence-corrected chi connectivity index (χ2v) is 7.16. The predicted molar refractivity (Wildman–Crippen MR) is 88.2 cm³/mol. The number of amides is 1. The van der Waals surface area contributed by atoms with E-state index in [1.165, 1.54) is 11.3 Å². The highest BCUT2D eigenvalue weighted by Crippen LogP contribution is 2.37. The molecule has 3 rings (SSSR count). The molecule has 0 spiro atoms. The lowest BCUT2D eigenvalue weighted by Crippen LogP contribution is -2.14. The van der Waals surface area contributed by atoms with E-state index in [1.54, 1.807) is 23.0 Å². The van der Waals surface area contributed by atoms with E-state index in [9.17, 15) is 4.79 Å². The highest BCUT2D eigenvalue weighted by molar-refractivity contribution is 7.20. The Morgan fingerprint density at radius 1 is 1.39 bits per heavy atom. The summed E-state index contributed by atoms with van der Waals surface area (Å²) in [5.74, 6) is -0.254. The van der Waals surface area contributed by atoms with Gasteiger partial charge in [0.25, 0.3) is 11.8 Å². The predicted octanol–water partition coefficient (Wildman–Crippen LogP) is 4.13. The molecule has 0 bridgehead atoms. The molecule has 0 unspecified atom stereocenters. The number of nitrogens with one attached hydrogen (secondary N) is 1. The Morgan fingerprint density at radius 2 is 2.17 bits per heavy atom. The zero-order chi connectivity index (χ0) is 16.6. The SMILES string of the molecule is CC(C)n1ccc(C(=O)Nc2nnc(-c3cc(Cl)sc3Cl)o2)n1. The smallest absolute Gasteiger partial charge is 0.322 e. The Balaban J connectivity index is 1.76. The van der Waals surface area contributed by atoms with Gasteiger partial charge in [0.2, 0.25) is 0 Å². The van der Waals surface area contributed by atoms with Crippen molar-refractivity contribution in [2.45, 2.75) is 19.9 Å². The maximum atomic E-state index is 12.1. The number of anilines is 1. The van der Waals surface area contributed by atoms with Gasteiger partial charge in [0.05, 0.1) is 9.90 Å². The molecule has 120 valence electrons. The van der Waals surface area contributed by atoms with E-state index in [2.05, 4.69) is 20.6 Å². The molecule has 0 aliphatic heterocycles. The fraction of sp³-hybridized carbons (Fsp3) is 0.231. The lowest BCUT2D eigenvalue weighted by atomic mass is 10.3. The van der Waals surface area contributed by atoms with Crippen molar-refractivity contribution in [1.29, 1.82) is 0 Å². The summed E-state index contributed by atoms with van der Waals surface area (Å²) < 4.78 is 8.01. The molecule has 0 saturated heterocycles. The van der Waals surface area contributed by atoms with Crippen molar-refractivity contribution in [3.63, 3.8) is 0 Å². The van der Waals surface area contributed by atoms with Gasteiger partial charge in [0.1, 0.15) is 4.34 Å². The van der Waals surface area contributed by atoms with Gasteiger partial charge in [-0.3, -0.25) is 14.8 Å². The van der Waals surface area contributed by atoms with E-state index in [0.717, 1.165) is 0 Å². The van der Waals surface area contributed by atoms with Crippen molar-refractivity contribution in [3.05, 3.63) is 32.7 Å². The molecule has 0 aliphatic rings. The summed E-state index contributed by atoms with van der Waals surface area (Å²) in [5, 5.41) is 14.3. The van der Waals surface area contributed by atoms with Gasteiger partial charge in [-0.05, 0) is 26.0 Å². The van der Waals surface area contributed by atoms with Gasteiger partial charge in [-0.15, -0.1) is 16.4 Å². The molecule has 1 amide bonds. The molecule has 23 heavy (non-hydrogen) atoms. The number of aromatic nitrogens is 4.